The Morgan fingerprint density at radius 1 is 1.22 bits per heavy atom. The van der Waals surface area contributed by atoms with Gasteiger partial charge in [-0.05, 0) is 12.1 Å². The first-order valence-electron chi connectivity index (χ1n) is 7.65. The minimum atomic E-state index is -4.55. The van der Waals surface area contributed by atoms with Crippen molar-refractivity contribution < 1.29 is 22.7 Å². The lowest BCUT2D eigenvalue weighted by Crippen LogP contribution is -2.15. The van der Waals surface area contributed by atoms with Gasteiger partial charge < -0.3 is 14.6 Å². The summed E-state index contributed by atoms with van der Waals surface area (Å²) >= 11 is 0. The Labute approximate surface area is 151 Å². The van der Waals surface area contributed by atoms with Gasteiger partial charge in [0, 0.05) is 19.2 Å². The number of rotatable bonds is 4. The number of imidazole rings is 1. The van der Waals surface area contributed by atoms with Gasteiger partial charge in [0.2, 0.25) is 0 Å². The summed E-state index contributed by atoms with van der Waals surface area (Å²) in [6, 6.07) is 4.98. The fourth-order valence-electron chi connectivity index (χ4n) is 2.31. The summed E-state index contributed by atoms with van der Waals surface area (Å²) in [5, 5.41) is 2.47. The van der Waals surface area contributed by atoms with Crippen molar-refractivity contribution in [2.75, 3.05) is 12.4 Å². The number of hydrogen-bond acceptors (Lipinski definition) is 5. The van der Waals surface area contributed by atoms with E-state index in [-0.39, 0.29) is 11.4 Å². The summed E-state index contributed by atoms with van der Waals surface area (Å²) < 4.78 is 44.6. The number of nitrogens with one attached hydrogen (secondary N) is 1. The van der Waals surface area contributed by atoms with Crippen LogP contribution >= 0.6 is 0 Å². The van der Waals surface area contributed by atoms with Crippen LogP contribution in [0, 0.1) is 0 Å². The average molecular weight is 377 g/mol. The molecule has 0 fully saturated rings. The molecule has 0 spiro atoms. The number of ether oxygens (including phenoxy) is 1. The first-order valence-corrected chi connectivity index (χ1v) is 7.65. The minimum Gasteiger partial charge on any atom is -0.497 e. The summed E-state index contributed by atoms with van der Waals surface area (Å²) in [5.74, 6) is -0.212. The Bertz CT molecular complexity index is 967. The second kappa shape index (κ2) is 7.06. The molecule has 0 unspecified atom stereocenters. The van der Waals surface area contributed by atoms with Gasteiger partial charge >= 0.3 is 6.18 Å². The van der Waals surface area contributed by atoms with Crippen molar-refractivity contribution >= 4 is 11.6 Å². The number of halogens is 3. The predicted molar refractivity (Wildman–Crippen MR) is 90.2 cm³/mol. The van der Waals surface area contributed by atoms with Crippen LogP contribution < -0.4 is 10.1 Å². The van der Waals surface area contributed by atoms with E-state index >= 15 is 0 Å². The third kappa shape index (κ3) is 4.05. The van der Waals surface area contributed by atoms with E-state index in [1.165, 1.54) is 13.2 Å². The molecule has 3 aromatic rings. The van der Waals surface area contributed by atoms with Crippen LogP contribution in [0.4, 0.5) is 18.9 Å². The van der Waals surface area contributed by atoms with Gasteiger partial charge in [0.05, 0.1) is 42.9 Å². The highest BCUT2D eigenvalue weighted by Gasteiger charge is 2.32. The molecular formula is C17H14F3N5O2. The Kier molecular flexibility index (Phi) is 4.80. The topological polar surface area (TPSA) is 81.9 Å². The molecule has 7 nitrogen and oxygen atoms in total. The first kappa shape index (κ1) is 18.4. The Morgan fingerprint density at radius 2 is 2.00 bits per heavy atom. The second-order valence-corrected chi connectivity index (χ2v) is 5.55. The van der Waals surface area contributed by atoms with Crippen LogP contribution in [0.25, 0.3) is 11.4 Å². The van der Waals surface area contributed by atoms with E-state index in [0.717, 1.165) is 18.3 Å². The van der Waals surface area contributed by atoms with Crippen molar-refractivity contribution in [3.05, 3.63) is 54.4 Å². The van der Waals surface area contributed by atoms with E-state index in [4.69, 9.17) is 4.74 Å². The average Bonchev–Trinajstić information content (AvgIpc) is 3.07. The second-order valence-electron chi connectivity index (χ2n) is 5.55. The molecule has 0 aliphatic rings. The Hall–Kier alpha value is -3.43. The summed E-state index contributed by atoms with van der Waals surface area (Å²) in [6.07, 6.45) is -0.439. The van der Waals surface area contributed by atoms with Crippen molar-refractivity contribution in [3.8, 4) is 17.1 Å². The van der Waals surface area contributed by atoms with Gasteiger partial charge in [-0.15, -0.1) is 0 Å². The third-order valence-corrected chi connectivity index (χ3v) is 3.66. The van der Waals surface area contributed by atoms with Gasteiger partial charge in [0.1, 0.15) is 17.1 Å². The number of carbonyl (C=O) groups is 1. The molecule has 3 heterocycles. The third-order valence-electron chi connectivity index (χ3n) is 3.66. The zero-order valence-electron chi connectivity index (χ0n) is 14.3. The number of nitrogens with zero attached hydrogens (tertiary/aromatic N) is 4. The van der Waals surface area contributed by atoms with Crippen molar-refractivity contribution in [2.45, 2.75) is 6.18 Å². The van der Waals surface area contributed by atoms with Gasteiger partial charge in [-0.3, -0.25) is 4.79 Å². The fourth-order valence-corrected chi connectivity index (χ4v) is 2.31. The molecular weight excluding hydrogens is 363 g/mol. The minimum absolute atomic E-state index is 0.0328. The maximum Gasteiger partial charge on any atom is 0.433 e. The maximum atomic E-state index is 12.6. The molecule has 10 heteroatoms. The van der Waals surface area contributed by atoms with Gasteiger partial charge in [-0.25, -0.2) is 15.0 Å². The summed E-state index contributed by atoms with van der Waals surface area (Å²) in [4.78, 5) is 24.1. The van der Waals surface area contributed by atoms with Crippen LogP contribution in [-0.2, 0) is 13.2 Å². The molecule has 140 valence electrons. The van der Waals surface area contributed by atoms with Gasteiger partial charge in [0.15, 0.2) is 0 Å². The zero-order chi connectivity index (χ0) is 19.6. The van der Waals surface area contributed by atoms with Crippen molar-refractivity contribution in [2.24, 2.45) is 7.05 Å². The summed E-state index contributed by atoms with van der Waals surface area (Å²) in [7, 11) is 3.22. The molecule has 0 saturated carbocycles. The Morgan fingerprint density at radius 3 is 2.56 bits per heavy atom. The molecule has 0 aromatic carbocycles. The number of pyridine rings is 2. The molecule has 1 amide bonds. The molecule has 1 N–H and O–H groups in total. The molecule has 0 aliphatic carbocycles. The van der Waals surface area contributed by atoms with E-state index in [0.29, 0.717) is 17.1 Å². The quantitative estimate of drug-likeness (QED) is 0.755. The number of hydrogen-bond donors (Lipinski definition) is 1. The molecule has 27 heavy (non-hydrogen) atoms. The lowest BCUT2D eigenvalue weighted by atomic mass is 10.2. The number of anilines is 1. The van der Waals surface area contributed by atoms with Crippen LogP contribution in [0.15, 0.2) is 43.0 Å². The van der Waals surface area contributed by atoms with Crippen LogP contribution in [0.1, 0.15) is 16.2 Å². The van der Waals surface area contributed by atoms with Gasteiger partial charge in [-0.1, -0.05) is 0 Å². The van der Waals surface area contributed by atoms with Crippen LogP contribution in [0.2, 0.25) is 0 Å². The van der Waals surface area contributed by atoms with Gasteiger partial charge in [0.25, 0.3) is 5.91 Å². The first-order chi connectivity index (χ1) is 12.8. The smallest absolute Gasteiger partial charge is 0.433 e. The van der Waals surface area contributed by atoms with E-state index < -0.39 is 17.8 Å². The largest absolute Gasteiger partial charge is 0.497 e. The lowest BCUT2D eigenvalue weighted by Gasteiger charge is -2.10. The lowest BCUT2D eigenvalue weighted by molar-refractivity contribution is -0.141. The standard InChI is InChI=1S/C17H14F3N5O2/c1-25-9-21-8-14(25)12-5-11(27-2)6-13(24-12)16(26)23-10-3-4-15(22-7-10)17(18,19)20/h3-9H,1-2H3,(H,23,26). The fraction of sp³-hybridized carbons (Fsp3) is 0.176. The van der Waals surface area contributed by atoms with Crippen LogP contribution in [-0.4, -0.2) is 32.5 Å². The monoisotopic (exact) mass is 377 g/mol. The zero-order valence-corrected chi connectivity index (χ0v) is 14.3. The Balaban J connectivity index is 1.87. The number of aryl methyl sites for hydroxylation is 1. The SMILES string of the molecule is COc1cc(C(=O)Nc2ccc(C(F)(F)F)nc2)nc(-c2cncn2C)c1. The molecule has 0 radical (unpaired) electrons. The van der Waals surface area contributed by atoms with E-state index in [1.54, 1.807) is 30.2 Å². The number of methoxy groups -OCH3 is 1. The van der Waals surface area contributed by atoms with Crippen molar-refractivity contribution in [1.29, 1.82) is 0 Å². The predicted octanol–water partition coefficient (Wildman–Crippen LogP) is 3.16. The number of aromatic nitrogens is 4. The van der Waals surface area contributed by atoms with Crippen molar-refractivity contribution in [3.63, 3.8) is 0 Å². The highest BCUT2D eigenvalue weighted by atomic mass is 19.4. The molecule has 0 aliphatic heterocycles. The van der Waals surface area contributed by atoms with Gasteiger partial charge in [-0.2, -0.15) is 13.2 Å². The maximum absolute atomic E-state index is 12.6. The molecule has 0 bridgehead atoms. The molecule has 3 aromatic heterocycles. The summed E-state index contributed by atoms with van der Waals surface area (Å²) in [6.45, 7) is 0. The van der Waals surface area contributed by atoms with Crippen LogP contribution in [0.5, 0.6) is 5.75 Å². The molecule has 0 atom stereocenters. The molecule has 0 saturated heterocycles. The van der Waals surface area contributed by atoms with Crippen molar-refractivity contribution in [1.82, 2.24) is 19.5 Å². The summed E-state index contributed by atoms with van der Waals surface area (Å²) in [5.41, 5.74) is 0.229. The number of amides is 1. The number of carbonyl (C=O) groups excluding carboxylic acids is 1. The van der Waals surface area contributed by atoms with E-state index in [1.807, 2.05) is 0 Å². The highest BCUT2D eigenvalue weighted by Crippen LogP contribution is 2.28. The normalized spacial score (nSPS) is 11.3. The van der Waals surface area contributed by atoms with E-state index in [9.17, 15) is 18.0 Å². The highest BCUT2D eigenvalue weighted by molar-refractivity contribution is 6.03. The van der Waals surface area contributed by atoms with E-state index in [2.05, 4.69) is 20.3 Å². The number of alkyl halides is 3. The van der Waals surface area contributed by atoms with Crippen LogP contribution in [0.3, 0.4) is 0 Å². The molecule has 3 rings (SSSR count).